The molecule has 7 nitrogen and oxygen atoms in total. The van der Waals surface area contributed by atoms with Gasteiger partial charge in [-0.25, -0.2) is 24.2 Å². The van der Waals surface area contributed by atoms with Gasteiger partial charge in [0, 0.05) is 25.6 Å². The Labute approximate surface area is 119 Å². The summed E-state index contributed by atoms with van der Waals surface area (Å²) in [6.45, 7) is 2.05. The molecule has 3 N–H and O–H groups in total. The van der Waals surface area contributed by atoms with Crippen molar-refractivity contribution in [1.82, 2.24) is 9.97 Å². The largest absolute Gasteiger partial charge is 0.355 e. The normalized spacial score (nSPS) is 20.9. The predicted molar refractivity (Wildman–Crippen MR) is 79.3 cm³/mol. The zero-order chi connectivity index (χ0) is 14.8. The molecular weight excluding hydrogens is 278 g/mol. The van der Waals surface area contributed by atoms with Crippen molar-refractivity contribution in [2.24, 2.45) is 5.84 Å². The van der Waals surface area contributed by atoms with Gasteiger partial charge in [-0.15, -0.1) is 0 Å². The van der Waals surface area contributed by atoms with Crippen LogP contribution in [0.1, 0.15) is 25.6 Å². The number of sulfone groups is 1. The standard InChI is InChI=1S/C12H21N5O2S/c1-3-4-10-14-11(16-13)7-12(15-10)17(2)9-5-6-20(18,19)8-9/h7,9H,3-6,8,13H2,1-2H3,(H,14,15,16). The van der Waals surface area contributed by atoms with E-state index in [2.05, 4.69) is 22.3 Å². The van der Waals surface area contributed by atoms with Crippen LogP contribution in [0.25, 0.3) is 0 Å². The average molecular weight is 299 g/mol. The van der Waals surface area contributed by atoms with Crippen molar-refractivity contribution in [1.29, 1.82) is 0 Å². The maximum Gasteiger partial charge on any atom is 0.152 e. The van der Waals surface area contributed by atoms with E-state index < -0.39 is 9.84 Å². The minimum atomic E-state index is -2.91. The molecule has 2 rings (SSSR count). The molecule has 112 valence electrons. The summed E-state index contributed by atoms with van der Waals surface area (Å²) in [6.07, 6.45) is 2.34. The fourth-order valence-electron chi connectivity index (χ4n) is 2.34. The summed E-state index contributed by atoms with van der Waals surface area (Å²) in [7, 11) is -1.04. The second kappa shape index (κ2) is 5.92. The monoisotopic (exact) mass is 299 g/mol. The Hall–Kier alpha value is -1.41. The maximum absolute atomic E-state index is 11.6. The van der Waals surface area contributed by atoms with Crippen molar-refractivity contribution < 1.29 is 8.42 Å². The van der Waals surface area contributed by atoms with Gasteiger partial charge in [0.1, 0.15) is 17.5 Å². The van der Waals surface area contributed by atoms with Gasteiger partial charge < -0.3 is 10.3 Å². The topological polar surface area (TPSA) is 101 Å². The third-order valence-corrected chi connectivity index (χ3v) is 5.25. The molecule has 0 aliphatic carbocycles. The van der Waals surface area contributed by atoms with E-state index in [0.29, 0.717) is 23.9 Å². The van der Waals surface area contributed by atoms with Gasteiger partial charge in [0.15, 0.2) is 9.84 Å². The number of nitrogen functional groups attached to an aromatic ring is 1. The van der Waals surface area contributed by atoms with Gasteiger partial charge >= 0.3 is 0 Å². The molecule has 20 heavy (non-hydrogen) atoms. The first-order valence-corrected chi connectivity index (χ1v) is 8.55. The van der Waals surface area contributed by atoms with Crippen LogP contribution >= 0.6 is 0 Å². The van der Waals surface area contributed by atoms with E-state index in [0.717, 1.165) is 12.8 Å². The van der Waals surface area contributed by atoms with E-state index in [-0.39, 0.29) is 17.5 Å². The Bertz CT molecular complexity index is 575. The van der Waals surface area contributed by atoms with E-state index in [9.17, 15) is 8.42 Å². The van der Waals surface area contributed by atoms with Crippen LogP contribution in [0, 0.1) is 0 Å². The summed E-state index contributed by atoms with van der Waals surface area (Å²) in [5.74, 6) is 7.82. The number of hydrogen-bond donors (Lipinski definition) is 2. The molecule has 0 saturated carbocycles. The van der Waals surface area contributed by atoms with Crippen LogP contribution in [0.3, 0.4) is 0 Å². The Morgan fingerprint density at radius 1 is 1.50 bits per heavy atom. The Morgan fingerprint density at radius 3 is 2.80 bits per heavy atom. The Kier molecular flexibility index (Phi) is 4.44. The molecule has 0 amide bonds. The molecule has 1 aliphatic rings. The van der Waals surface area contributed by atoms with Gasteiger partial charge in [-0.2, -0.15) is 0 Å². The Morgan fingerprint density at radius 2 is 2.25 bits per heavy atom. The SMILES string of the molecule is CCCc1nc(NN)cc(N(C)C2CCS(=O)(=O)C2)n1. The van der Waals surface area contributed by atoms with Crippen molar-refractivity contribution in [2.45, 2.75) is 32.2 Å². The van der Waals surface area contributed by atoms with Crippen LogP contribution in [-0.2, 0) is 16.3 Å². The summed E-state index contributed by atoms with van der Waals surface area (Å²) in [6, 6.07) is 1.71. The summed E-state index contributed by atoms with van der Waals surface area (Å²) >= 11 is 0. The van der Waals surface area contributed by atoms with E-state index >= 15 is 0 Å². The average Bonchev–Trinajstić information content (AvgIpc) is 2.78. The van der Waals surface area contributed by atoms with Gasteiger partial charge in [-0.1, -0.05) is 6.92 Å². The van der Waals surface area contributed by atoms with Crippen LogP contribution in [0.5, 0.6) is 0 Å². The molecule has 0 bridgehead atoms. The highest BCUT2D eigenvalue weighted by atomic mass is 32.2. The molecule has 0 radical (unpaired) electrons. The van der Waals surface area contributed by atoms with Crippen molar-refractivity contribution in [3.05, 3.63) is 11.9 Å². The van der Waals surface area contributed by atoms with Crippen molar-refractivity contribution >= 4 is 21.5 Å². The van der Waals surface area contributed by atoms with Gasteiger partial charge in [-0.05, 0) is 12.8 Å². The molecule has 0 aromatic carbocycles. The number of rotatable bonds is 5. The van der Waals surface area contributed by atoms with Gasteiger partial charge in [0.05, 0.1) is 11.5 Å². The summed E-state index contributed by atoms with van der Waals surface area (Å²) in [5.41, 5.74) is 2.53. The van der Waals surface area contributed by atoms with E-state index in [1.165, 1.54) is 0 Å². The van der Waals surface area contributed by atoms with Crippen LogP contribution in [-0.4, -0.2) is 43.0 Å². The summed E-state index contributed by atoms with van der Waals surface area (Å²) in [4.78, 5) is 10.7. The number of nitrogens with one attached hydrogen (secondary N) is 1. The molecule has 1 unspecified atom stereocenters. The predicted octanol–water partition coefficient (Wildman–Crippen LogP) is 0.338. The summed E-state index contributed by atoms with van der Waals surface area (Å²) in [5, 5.41) is 0. The highest BCUT2D eigenvalue weighted by molar-refractivity contribution is 7.91. The number of aromatic nitrogens is 2. The first-order valence-electron chi connectivity index (χ1n) is 6.73. The van der Waals surface area contributed by atoms with Crippen molar-refractivity contribution in [3.63, 3.8) is 0 Å². The maximum atomic E-state index is 11.6. The number of anilines is 2. The van der Waals surface area contributed by atoms with Gasteiger partial charge in [0.25, 0.3) is 0 Å². The first-order chi connectivity index (χ1) is 9.45. The number of hydrazine groups is 1. The van der Waals surface area contributed by atoms with Crippen molar-refractivity contribution in [2.75, 3.05) is 28.9 Å². The number of nitrogens with zero attached hydrogens (tertiary/aromatic N) is 3. The van der Waals surface area contributed by atoms with Gasteiger partial charge in [0.2, 0.25) is 0 Å². The van der Waals surface area contributed by atoms with Crippen molar-refractivity contribution in [3.8, 4) is 0 Å². The quantitative estimate of drug-likeness (QED) is 0.597. The van der Waals surface area contributed by atoms with Crippen LogP contribution < -0.4 is 16.2 Å². The highest BCUT2D eigenvalue weighted by Gasteiger charge is 2.31. The number of nitrogens with two attached hydrogens (primary N) is 1. The van der Waals surface area contributed by atoms with Crippen LogP contribution in [0.2, 0.25) is 0 Å². The number of aryl methyl sites for hydroxylation is 1. The second-order valence-electron chi connectivity index (χ2n) is 5.09. The molecule has 1 atom stereocenters. The third kappa shape index (κ3) is 3.37. The van der Waals surface area contributed by atoms with Crippen LogP contribution in [0.15, 0.2) is 6.07 Å². The lowest BCUT2D eigenvalue weighted by Gasteiger charge is -2.25. The number of hydrogen-bond acceptors (Lipinski definition) is 7. The van der Waals surface area contributed by atoms with Crippen LogP contribution in [0.4, 0.5) is 11.6 Å². The second-order valence-corrected chi connectivity index (χ2v) is 7.32. The Balaban J connectivity index is 2.24. The molecule has 2 heterocycles. The lowest BCUT2D eigenvalue weighted by atomic mass is 10.2. The lowest BCUT2D eigenvalue weighted by molar-refractivity contribution is 0.600. The van der Waals surface area contributed by atoms with E-state index in [4.69, 9.17) is 5.84 Å². The highest BCUT2D eigenvalue weighted by Crippen LogP contribution is 2.23. The molecule has 1 aromatic rings. The molecule has 1 fully saturated rings. The minimum Gasteiger partial charge on any atom is -0.355 e. The lowest BCUT2D eigenvalue weighted by Crippen LogP contribution is -2.33. The summed E-state index contributed by atoms with van der Waals surface area (Å²) < 4.78 is 23.2. The molecule has 1 saturated heterocycles. The molecule has 0 spiro atoms. The zero-order valence-electron chi connectivity index (χ0n) is 11.8. The van der Waals surface area contributed by atoms with Gasteiger partial charge in [-0.3, -0.25) is 0 Å². The zero-order valence-corrected chi connectivity index (χ0v) is 12.7. The smallest absolute Gasteiger partial charge is 0.152 e. The molecule has 1 aromatic heterocycles. The minimum absolute atomic E-state index is 0.0324. The van der Waals surface area contributed by atoms with E-state index in [1.54, 1.807) is 6.07 Å². The molecule has 1 aliphatic heterocycles. The molecule has 8 heteroatoms. The fraction of sp³-hybridized carbons (Fsp3) is 0.667. The molecular formula is C12H21N5O2S. The first kappa shape index (κ1) is 15.0. The van der Waals surface area contributed by atoms with E-state index in [1.807, 2.05) is 11.9 Å². The third-order valence-electron chi connectivity index (χ3n) is 3.50. The fourth-order valence-corrected chi connectivity index (χ4v) is 4.12.